The minimum Gasteiger partial charge on any atom is -0.449 e. The number of para-hydroxylation sites is 1. The highest BCUT2D eigenvalue weighted by Crippen LogP contribution is 2.29. The van der Waals surface area contributed by atoms with E-state index in [0.717, 1.165) is 21.8 Å². The molecule has 1 atom stereocenters. The first-order valence-corrected chi connectivity index (χ1v) is 11.4. The van der Waals surface area contributed by atoms with Gasteiger partial charge >= 0.3 is 5.97 Å². The molecule has 0 spiro atoms. The van der Waals surface area contributed by atoms with Gasteiger partial charge in [0.05, 0.1) is 10.6 Å². The molecular formula is C25H19N5O3S. The molecule has 9 heteroatoms. The summed E-state index contributed by atoms with van der Waals surface area (Å²) in [7, 11) is 0. The Bertz CT molecular complexity index is 1410. The van der Waals surface area contributed by atoms with Crippen LogP contribution in [0.25, 0.3) is 33.7 Å². The van der Waals surface area contributed by atoms with Crippen molar-refractivity contribution in [3.05, 3.63) is 96.1 Å². The minimum absolute atomic E-state index is 0.205. The van der Waals surface area contributed by atoms with Crippen LogP contribution < -0.4 is 0 Å². The monoisotopic (exact) mass is 469 g/mol. The molecule has 0 bridgehead atoms. The zero-order chi connectivity index (χ0) is 23.3. The van der Waals surface area contributed by atoms with Crippen molar-refractivity contribution in [3.8, 4) is 27.6 Å². The molecule has 0 saturated carbocycles. The van der Waals surface area contributed by atoms with Crippen LogP contribution in [0.2, 0.25) is 0 Å². The van der Waals surface area contributed by atoms with E-state index in [4.69, 9.17) is 14.4 Å². The lowest BCUT2D eigenvalue weighted by Crippen LogP contribution is -2.06. The fourth-order valence-electron chi connectivity index (χ4n) is 3.26. The maximum Gasteiger partial charge on any atom is 0.331 e. The van der Waals surface area contributed by atoms with Crippen molar-refractivity contribution < 1.29 is 14.1 Å². The Morgan fingerprint density at radius 3 is 2.79 bits per heavy atom. The Hall–Kier alpha value is -4.37. The van der Waals surface area contributed by atoms with Crippen molar-refractivity contribution >= 4 is 23.4 Å². The highest BCUT2D eigenvalue weighted by atomic mass is 32.1. The van der Waals surface area contributed by atoms with Gasteiger partial charge in [0, 0.05) is 35.8 Å². The second-order valence-electron chi connectivity index (χ2n) is 7.30. The lowest BCUT2D eigenvalue weighted by molar-refractivity contribution is -0.143. The summed E-state index contributed by atoms with van der Waals surface area (Å²) in [6.07, 6.45) is 7.54. The number of carbonyl (C=O) groups excluding carboxylic acids is 1. The van der Waals surface area contributed by atoms with Crippen LogP contribution in [0.5, 0.6) is 0 Å². The van der Waals surface area contributed by atoms with Gasteiger partial charge in [-0.1, -0.05) is 29.4 Å². The molecule has 0 N–H and O–H groups in total. The molecule has 0 radical (unpaired) electrons. The molecule has 0 saturated heterocycles. The summed E-state index contributed by atoms with van der Waals surface area (Å²) in [5, 5.41) is 10.7. The number of esters is 1. The molecule has 0 aliphatic rings. The lowest BCUT2D eigenvalue weighted by Gasteiger charge is -2.06. The van der Waals surface area contributed by atoms with E-state index >= 15 is 0 Å². The van der Waals surface area contributed by atoms with Crippen LogP contribution in [0, 0.1) is 0 Å². The number of carbonyl (C=O) groups is 1. The van der Waals surface area contributed by atoms with Crippen LogP contribution in [0.15, 0.2) is 89.2 Å². The van der Waals surface area contributed by atoms with Crippen LogP contribution in [-0.2, 0) is 9.53 Å². The van der Waals surface area contributed by atoms with E-state index in [1.165, 1.54) is 6.08 Å². The zero-order valence-electron chi connectivity index (χ0n) is 18.1. The number of ether oxygens (including phenoxy) is 1. The number of aromatic nitrogens is 5. The molecule has 0 fully saturated rings. The van der Waals surface area contributed by atoms with E-state index in [0.29, 0.717) is 11.4 Å². The van der Waals surface area contributed by atoms with E-state index in [-0.39, 0.29) is 5.89 Å². The van der Waals surface area contributed by atoms with Gasteiger partial charge in [-0.2, -0.15) is 10.1 Å². The topological polar surface area (TPSA) is 95.9 Å². The fourth-order valence-corrected chi connectivity index (χ4v) is 3.99. The summed E-state index contributed by atoms with van der Waals surface area (Å²) in [5.74, 6) is 0.0606. The molecule has 0 aliphatic heterocycles. The Morgan fingerprint density at radius 1 is 1.15 bits per heavy atom. The molecule has 0 amide bonds. The first kappa shape index (κ1) is 21.5. The van der Waals surface area contributed by atoms with Gasteiger partial charge in [-0.25, -0.2) is 9.48 Å². The molecule has 4 aromatic heterocycles. The van der Waals surface area contributed by atoms with Crippen LogP contribution >= 0.6 is 11.3 Å². The Balaban J connectivity index is 1.32. The van der Waals surface area contributed by atoms with Gasteiger partial charge in [0.1, 0.15) is 5.69 Å². The average molecular weight is 470 g/mol. The summed E-state index contributed by atoms with van der Waals surface area (Å²) >= 11 is 1.58. The number of hydrogen-bond donors (Lipinski definition) is 0. The second kappa shape index (κ2) is 9.63. The van der Waals surface area contributed by atoms with Gasteiger partial charge < -0.3 is 9.26 Å². The Morgan fingerprint density at radius 2 is 2.03 bits per heavy atom. The van der Waals surface area contributed by atoms with E-state index in [9.17, 15) is 4.79 Å². The van der Waals surface area contributed by atoms with Gasteiger partial charge in [0.2, 0.25) is 5.82 Å². The van der Waals surface area contributed by atoms with Crippen molar-refractivity contribution in [2.45, 2.75) is 13.0 Å². The third kappa shape index (κ3) is 4.69. The predicted molar refractivity (Wildman–Crippen MR) is 128 cm³/mol. The van der Waals surface area contributed by atoms with Crippen molar-refractivity contribution in [2.75, 3.05) is 0 Å². The van der Waals surface area contributed by atoms with E-state index < -0.39 is 12.1 Å². The van der Waals surface area contributed by atoms with E-state index in [1.807, 2.05) is 60.1 Å². The molecule has 34 heavy (non-hydrogen) atoms. The largest absolute Gasteiger partial charge is 0.449 e. The molecule has 1 unspecified atom stereocenters. The summed E-state index contributed by atoms with van der Waals surface area (Å²) in [5.41, 5.74) is 3.23. The SMILES string of the molecule is CC(OC(=O)/C=C/c1cn(-c2ccccc2)nc1-c1cccs1)c1nc(-c2cccnc2)no1. The average Bonchev–Trinajstić information content (AvgIpc) is 3.64. The summed E-state index contributed by atoms with van der Waals surface area (Å²) in [6, 6.07) is 17.4. The first-order chi connectivity index (χ1) is 16.7. The summed E-state index contributed by atoms with van der Waals surface area (Å²) < 4.78 is 12.5. The highest BCUT2D eigenvalue weighted by molar-refractivity contribution is 7.13. The second-order valence-corrected chi connectivity index (χ2v) is 8.25. The summed E-state index contributed by atoms with van der Waals surface area (Å²) in [6.45, 7) is 1.68. The number of nitrogens with zero attached hydrogens (tertiary/aromatic N) is 5. The highest BCUT2D eigenvalue weighted by Gasteiger charge is 2.19. The van der Waals surface area contributed by atoms with Gasteiger partial charge in [0.25, 0.3) is 5.89 Å². The fraction of sp³-hybridized carbons (Fsp3) is 0.0800. The van der Waals surface area contributed by atoms with Gasteiger partial charge in [0.15, 0.2) is 6.10 Å². The van der Waals surface area contributed by atoms with Gasteiger partial charge in [-0.15, -0.1) is 11.3 Å². The predicted octanol–water partition coefficient (Wildman–Crippen LogP) is 5.36. The molecule has 5 aromatic rings. The van der Waals surface area contributed by atoms with Crippen molar-refractivity contribution in [3.63, 3.8) is 0 Å². The number of benzene rings is 1. The maximum atomic E-state index is 12.5. The molecule has 5 rings (SSSR count). The number of pyridine rings is 1. The van der Waals surface area contributed by atoms with Gasteiger partial charge in [-0.05, 0) is 48.7 Å². The number of hydrogen-bond acceptors (Lipinski definition) is 8. The van der Waals surface area contributed by atoms with Crippen LogP contribution in [0.3, 0.4) is 0 Å². The molecule has 0 aliphatic carbocycles. The quantitative estimate of drug-likeness (QED) is 0.234. The van der Waals surface area contributed by atoms with E-state index in [2.05, 4.69) is 15.1 Å². The van der Waals surface area contributed by atoms with Crippen LogP contribution in [0.1, 0.15) is 24.5 Å². The molecule has 1 aromatic carbocycles. The summed E-state index contributed by atoms with van der Waals surface area (Å²) in [4.78, 5) is 21.9. The van der Waals surface area contributed by atoms with Crippen molar-refractivity contribution in [1.82, 2.24) is 24.9 Å². The van der Waals surface area contributed by atoms with Crippen molar-refractivity contribution in [1.29, 1.82) is 0 Å². The normalized spacial score (nSPS) is 12.1. The van der Waals surface area contributed by atoms with Crippen molar-refractivity contribution in [2.24, 2.45) is 0 Å². The minimum atomic E-state index is -0.709. The first-order valence-electron chi connectivity index (χ1n) is 10.5. The maximum absolute atomic E-state index is 12.5. The third-order valence-electron chi connectivity index (χ3n) is 4.92. The molecule has 8 nitrogen and oxygen atoms in total. The molecule has 4 heterocycles. The van der Waals surface area contributed by atoms with Crippen LogP contribution in [0.4, 0.5) is 0 Å². The Kier molecular flexibility index (Phi) is 6.09. The molecule has 168 valence electrons. The standard InChI is InChI=1S/C25H19N5O3S/c1-17(25-27-24(29-33-25)18-7-5-13-26-15-18)32-22(31)12-11-19-16-30(20-8-3-2-4-9-20)28-23(19)21-10-6-14-34-21/h2-17H,1H3/b12-11+. The van der Waals surface area contributed by atoms with Crippen LogP contribution in [-0.4, -0.2) is 30.9 Å². The Labute approximate surface area is 199 Å². The smallest absolute Gasteiger partial charge is 0.331 e. The molecular weight excluding hydrogens is 450 g/mol. The lowest BCUT2D eigenvalue weighted by atomic mass is 10.2. The van der Waals surface area contributed by atoms with E-state index in [1.54, 1.807) is 47.5 Å². The zero-order valence-corrected chi connectivity index (χ0v) is 18.9. The third-order valence-corrected chi connectivity index (χ3v) is 5.80. The van der Waals surface area contributed by atoms with Gasteiger partial charge in [-0.3, -0.25) is 4.98 Å². The number of rotatable bonds is 7. The number of thiophene rings is 1.